The zero-order chi connectivity index (χ0) is 20.2. The molecule has 3 aliphatic heterocycles. The van der Waals surface area contributed by atoms with Crippen molar-refractivity contribution in [3.63, 3.8) is 0 Å². The highest BCUT2D eigenvalue weighted by Gasteiger charge is 2.37. The van der Waals surface area contributed by atoms with E-state index < -0.39 is 12.0 Å². The molecular weight excluding hydrogens is 388 g/mol. The summed E-state index contributed by atoms with van der Waals surface area (Å²) in [7, 11) is 0. The Labute approximate surface area is 174 Å². The Morgan fingerprint density at radius 3 is 2.55 bits per heavy atom. The first-order valence-electron chi connectivity index (χ1n) is 10.1. The van der Waals surface area contributed by atoms with E-state index in [9.17, 15) is 9.59 Å². The topological polar surface area (TPSA) is 78.9 Å². The number of fused-ring (bicyclic) bond motifs is 3. The number of rotatable bonds is 8. The van der Waals surface area contributed by atoms with Crippen LogP contribution in [0.25, 0.3) is 0 Å². The van der Waals surface area contributed by atoms with Crippen molar-refractivity contribution < 1.29 is 19.4 Å². The van der Waals surface area contributed by atoms with Gasteiger partial charge in [0.2, 0.25) is 0 Å². The molecule has 2 bridgehead atoms. The molecule has 29 heavy (non-hydrogen) atoms. The van der Waals surface area contributed by atoms with Gasteiger partial charge in [-0.2, -0.15) is 0 Å². The van der Waals surface area contributed by atoms with Gasteiger partial charge in [0.15, 0.2) is 0 Å². The smallest absolute Gasteiger partial charge is 0.345 e. The summed E-state index contributed by atoms with van der Waals surface area (Å²) in [6.45, 7) is 3.62. The molecule has 0 amide bonds. The van der Waals surface area contributed by atoms with E-state index in [1.54, 1.807) is 6.07 Å². The Hall–Kier alpha value is -2.22. The summed E-state index contributed by atoms with van der Waals surface area (Å²) in [6.07, 6.45) is 2.85. The van der Waals surface area contributed by atoms with Crippen LogP contribution in [0.5, 0.6) is 0 Å². The Morgan fingerprint density at radius 1 is 1.17 bits per heavy atom. The maximum absolute atomic E-state index is 13.0. The first kappa shape index (κ1) is 20.1. The second-order valence-corrected chi connectivity index (χ2v) is 8.90. The van der Waals surface area contributed by atoms with Crippen LogP contribution in [-0.2, 0) is 16.0 Å². The minimum Gasteiger partial charge on any atom is -0.477 e. The van der Waals surface area contributed by atoms with Crippen molar-refractivity contribution in [3.8, 4) is 0 Å². The van der Waals surface area contributed by atoms with Crippen LogP contribution in [0.15, 0.2) is 42.5 Å². The number of carboxylic acids is 1. The number of aromatic carboxylic acids is 1. The van der Waals surface area contributed by atoms with Gasteiger partial charge in [-0.1, -0.05) is 30.3 Å². The summed E-state index contributed by atoms with van der Waals surface area (Å²) in [5, 5.41) is 12.4. The second-order valence-electron chi connectivity index (χ2n) is 7.73. The molecule has 154 valence electrons. The summed E-state index contributed by atoms with van der Waals surface area (Å²) < 4.78 is 5.96. The predicted molar refractivity (Wildman–Crippen MR) is 111 cm³/mol. The van der Waals surface area contributed by atoms with Gasteiger partial charge >= 0.3 is 11.9 Å². The summed E-state index contributed by atoms with van der Waals surface area (Å²) >= 11 is 1.27. The normalized spacial score (nSPS) is 24.2. The van der Waals surface area contributed by atoms with Crippen LogP contribution >= 0.6 is 11.3 Å². The van der Waals surface area contributed by atoms with Crippen molar-refractivity contribution in [2.75, 3.05) is 26.2 Å². The average molecular weight is 415 g/mol. The van der Waals surface area contributed by atoms with Crippen LogP contribution in [0.4, 0.5) is 0 Å². The molecule has 3 aliphatic rings. The molecule has 3 fully saturated rings. The van der Waals surface area contributed by atoms with E-state index in [1.807, 2.05) is 36.4 Å². The highest BCUT2D eigenvalue weighted by atomic mass is 32.1. The van der Waals surface area contributed by atoms with Gasteiger partial charge in [-0.05, 0) is 56.0 Å². The number of esters is 1. The predicted octanol–water partition coefficient (Wildman–Crippen LogP) is 2.96. The highest BCUT2D eigenvalue weighted by Crippen LogP contribution is 2.30. The number of carboxylic acid groups (broad SMARTS) is 1. The lowest BCUT2D eigenvalue weighted by molar-refractivity contribution is -0.161. The van der Waals surface area contributed by atoms with Crippen molar-refractivity contribution in [3.05, 3.63) is 57.8 Å². The minimum atomic E-state index is -0.905. The first-order chi connectivity index (χ1) is 14.1. The Kier molecular flexibility index (Phi) is 6.28. The summed E-state index contributed by atoms with van der Waals surface area (Å²) in [5.41, 5.74) is 0.885. The van der Waals surface area contributed by atoms with Crippen LogP contribution in [0.2, 0.25) is 0 Å². The maximum atomic E-state index is 13.0. The molecule has 1 aromatic carbocycles. The van der Waals surface area contributed by atoms with Crippen molar-refractivity contribution in [2.24, 2.45) is 5.92 Å². The van der Waals surface area contributed by atoms with Crippen LogP contribution in [0.3, 0.4) is 0 Å². The van der Waals surface area contributed by atoms with Crippen LogP contribution < -0.4 is 5.32 Å². The highest BCUT2D eigenvalue weighted by molar-refractivity contribution is 7.13. The number of benzene rings is 1. The summed E-state index contributed by atoms with van der Waals surface area (Å²) in [4.78, 5) is 27.8. The third-order valence-electron chi connectivity index (χ3n) is 5.82. The average Bonchev–Trinajstić information content (AvgIpc) is 3.22. The molecule has 2 aromatic rings. The van der Waals surface area contributed by atoms with Gasteiger partial charge in [-0.25, -0.2) is 9.59 Å². The van der Waals surface area contributed by atoms with Crippen molar-refractivity contribution in [1.82, 2.24) is 10.2 Å². The van der Waals surface area contributed by atoms with E-state index in [2.05, 4.69) is 10.2 Å². The van der Waals surface area contributed by atoms with Gasteiger partial charge in [0.1, 0.15) is 17.0 Å². The monoisotopic (exact) mass is 414 g/mol. The number of hydrogen-bond donors (Lipinski definition) is 2. The molecule has 0 radical (unpaired) electrons. The van der Waals surface area contributed by atoms with Gasteiger partial charge in [0, 0.05) is 18.0 Å². The van der Waals surface area contributed by atoms with Gasteiger partial charge in [-0.15, -0.1) is 11.3 Å². The molecule has 1 aromatic heterocycles. The van der Waals surface area contributed by atoms with Crippen LogP contribution in [0, 0.1) is 5.92 Å². The lowest BCUT2D eigenvalue weighted by Crippen LogP contribution is -2.52. The zero-order valence-electron chi connectivity index (χ0n) is 16.3. The molecule has 4 heterocycles. The largest absolute Gasteiger partial charge is 0.477 e. The van der Waals surface area contributed by atoms with E-state index >= 15 is 0 Å². The molecule has 2 N–H and O–H groups in total. The fourth-order valence-corrected chi connectivity index (χ4v) is 5.06. The van der Waals surface area contributed by atoms with Crippen molar-refractivity contribution >= 4 is 23.3 Å². The molecule has 0 spiro atoms. The Bertz CT molecular complexity index is 846. The number of carbonyl (C=O) groups excluding carboxylic acids is 1. The van der Waals surface area contributed by atoms with E-state index in [0.29, 0.717) is 23.8 Å². The van der Waals surface area contributed by atoms with Crippen molar-refractivity contribution in [2.45, 2.75) is 31.4 Å². The Balaban J connectivity index is 1.39. The van der Waals surface area contributed by atoms with Gasteiger partial charge in [0.25, 0.3) is 0 Å². The van der Waals surface area contributed by atoms with Gasteiger partial charge in [0.05, 0.1) is 0 Å². The fourth-order valence-electron chi connectivity index (χ4n) is 4.21. The van der Waals surface area contributed by atoms with Gasteiger partial charge < -0.3 is 15.2 Å². The van der Waals surface area contributed by atoms with Crippen LogP contribution in [-0.4, -0.2) is 54.2 Å². The van der Waals surface area contributed by atoms with Crippen LogP contribution in [0.1, 0.15) is 39.0 Å². The number of piperidine rings is 3. The van der Waals surface area contributed by atoms with E-state index in [-0.39, 0.29) is 12.1 Å². The summed E-state index contributed by atoms with van der Waals surface area (Å²) in [6, 6.07) is 12.6. The molecule has 3 saturated heterocycles. The molecular formula is C22H26N2O4S. The number of nitrogens with zero attached hydrogens (tertiary/aromatic N) is 1. The Morgan fingerprint density at radius 2 is 1.93 bits per heavy atom. The quantitative estimate of drug-likeness (QED) is 0.647. The lowest BCUT2D eigenvalue weighted by atomic mass is 9.86. The third-order valence-corrected chi connectivity index (χ3v) is 6.96. The fraction of sp³-hybridized carbons (Fsp3) is 0.455. The molecule has 2 atom stereocenters. The molecule has 6 nitrogen and oxygen atoms in total. The van der Waals surface area contributed by atoms with Gasteiger partial charge in [-0.3, -0.25) is 4.90 Å². The number of hydrogen-bond acceptors (Lipinski definition) is 6. The molecule has 5 rings (SSSR count). The van der Waals surface area contributed by atoms with E-state index in [4.69, 9.17) is 9.84 Å². The molecule has 7 heteroatoms. The number of carbonyl (C=O) groups is 2. The number of thiophene rings is 1. The second kappa shape index (κ2) is 9.07. The number of ether oxygens (including phenoxy) is 1. The number of nitrogens with one attached hydrogen (secondary N) is 1. The minimum absolute atomic E-state index is 0.0200. The van der Waals surface area contributed by atoms with E-state index in [0.717, 1.165) is 42.9 Å². The zero-order valence-corrected chi connectivity index (χ0v) is 17.1. The lowest BCUT2D eigenvalue weighted by Gasteiger charge is -2.44. The maximum Gasteiger partial charge on any atom is 0.345 e. The van der Waals surface area contributed by atoms with Crippen molar-refractivity contribution in [1.29, 1.82) is 0 Å². The third kappa shape index (κ3) is 4.86. The SMILES string of the molecule is O=C(O)c1ccc(CCNC(C(=O)O[C@H]2CN3CCC2CC3)c2ccccc2)s1. The molecule has 0 aliphatic carbocycles. The van der Waals surface area contributed by atoms with E-state index in [1.165, 1.54) is 11.3 Å². The molecule has 1 unspecified atom stereocenters. The summed E-state index contributed by atoms with van der Waals surface area (Å²) in [5.74, 6) is -0.661. The standard InChI is InChI=1S/C22H26N2O4S/c25-21(26)19-7-6-17(29-19)8-11-23-20(16-4-2-1-3-5-16)22(27)28-18-14-24-12-9-15(18)10-13-24/h1-7,15,18,20,23H,8-14H2,(H,25,26)/t18-,20?/m0/s1. The molecule has 0 saturated carbocycles. The first-order valence-corrected chi connectivity index (χ1v) is 10.9.